The first kappa shape index (κ1) is 25.5. The van der Waals surface area contributed by atoms with Gasteiger partial charge in [-0.3, -0.25) is 14.5 Å². The minimum Gasteiger partial charge on any atom is -0.445 e. The highest BCUT2D eigenvalue weighted by Gasteiger charge is 2.36. The third-order valence-corrected chi connectivity index (χ3v) is 7.14. The lowest BCUT2D eigenvalue weighted by Crippen LogP contribution is -2.52. The number of benzene rings is 3. The summed E-state index contributed by atoms with van der Waals surface area (Å²) in [5.41, 5.74) is 1.85. The zero-order chi connectivity index (χ0) is 25.2. The van der Waals surface area contributed by atoms with Gasteiger partial charge in [0.2, 0.25) is 5.91 Å². The molecule has 3 aromatic carbocycles. The van der Waals surface area contributed by atoms with Gasteiger partial charge >= 0.3 is 6.09 Å². The van der Waals surface area contributed by atoms with Crippen LogP contribution in [0, 0.1) is 0 Å². The van der Waals surface area contributed by atoms with E-state index in [0.717, 1.165) is 16.0 Å². The largest absolute Gasteiger partial charge is 0.445 e. The first-order valence-electron chi connectivity index (χ1n) is 12.1. The van der Waals surface area contributed by atoms with Crippen molar-refractivity contribution in [3.63, 3.8) is 0 Å². The minimum atomic E-state index is -0.682. The summed E-state index contributed by atoms with van der Waals surface area (Å²) in [6.07, 6.45) is 1.13. The van der Waals surface area contributed by atoms with Gasteiger partial charge in [-0.1, -0.05) is 78.9 Å². The minimum absolute atomic E-state index is 0.0581. The van der Waals surface area contributed by atoms with Crippen molar-refractivity contribution in [2.24, 2.45) is 0 Å². The van der Waals surface area contributed by atoms with Crippen molar-refractivity contribution >= 4 is 29.5 Å². The molecule has 6 nitrogen and oxygen atoms in total. The number of Topliss-reactive ketones (excluding diaryl/α,β-unsaturated/α-hetero) is 1. The first-order valence-corrected chi connectivity index (χ1v) is 13.1. The van der Waals surface area contributed by atoms with Crippen LogP contribution in [0.1, 0.15) is 24.0 Å². The molecule has 1 aliphatic rings. The third-order valence-electron chi connectivity index (χ3n) is 6.11. The fourth-order valence-electron chi connectivity index (χ4n) is 4.19. The summed E-state index contributed by atoms with van der Waals surface area (Å²) >= 11 is 1.45. The highest BCUT2D eigenvalue weighted by atomic mass is 32.2. The van der Waals surface area contributed by atoms with E-state index in [9.17, 15) is 14.4 Å². The molecule has 36 heavy (non-hydrogen) atoms. The van der Waals surface area contributed by atoms with E-state index in [-0.39, 0.29) is 24.1 Å². The SMILES string of the molecule is O=C(CSc1ccccc1)[C@H](Cc1ccccc1)NC(=O)[C@@H]1CCCN1C(=O)OCc1ccccc1. The number of hydrogen-bond donors (Lipinski definition) is 1. The summed E-state index contributed by atoms with van der Waals surface area (Å²) in [6.45, 7) is 0.600. The molecule has 0 radical (unpaired) electrons. The molecule has 0 saturated carbocycles. The number of hydrogen-bond acceptors (Lipinski definition) is 5. The zero-order valence-corrected chi connectivity index (χ0v) is 20.9. The second-order valence-corrected chi connectivity index (χ2v) is 9.76. The maximum absolute atomic E-state index is 13.3. The van der Waals surface area contributed by atoms with E-state index in [2.05, 4.69) is 5.32 Å². The molecule has 1 aliphatic heterocycles. The lowest BCUT2D eigenvalue weighted by atomic mass is 10.0. The number of likely N-dealkylation sites (tertiary alicyclic amines) is 1. The van der Waals surface area contributed by atoms with Crippen molar-refractivity contribution in [1.29, 1.82) is 0 Å². The molecule has 0 aliphatic carbocycles. The normalized spacial score (nSPS) is 15.8. The average Bonchev–Trinajstić information content (AvgIpc) is 3.42. The van der Waals surface area contributed by atoms with Crippen molar-refractivity contribution in [3.8, 4) is 0 Å². The quantitative estimate of drug-likeness (QED) is 0.400. The molecule has 4 rings (SSSR count). The van der Waals surface area contributed by atoms with Crippen LogP contribution in [0.3, 0.4) is 0 Å². The van der Waals surface area contributed by atoms with Crippen molar-refractivity contribution < 1.29 is 19.1 Å². The third kappa shape index (κ3) is 7.21. The van der Waals surface area contributed by atoms with E-state index in [4.69, 9.17) is 4.74 Å². The molecule has 0 bridgehead atoms. The topological polar surface area (TPSA) is 75.7 Å². The zero-order valence-electron chi connectivity index (χ0n) is 20.0. The number of amides is 2. The van der Waals surface area contributed by atoms with Gasteiger partial charge < -0.3 is 10.1 Å². The number of nitrogens with zero attached hydrogens (tertiary/aromatic N) is 1. The number of thioether (sulfide) groups is 1. The van der Waals surface area contributed by atoms with Gasteiger partial charge in [0, 0.05) is 11.4 Å². The molecule has 1 fully saturated rings. The molecule has 1 saturated heterocycles. The molecule has 3 aromatic rings. The summed E-state index contributed by atoms with van der Waals surface area (Å²) < 4.78 is 5.46. The van der Waals surface area contributed by atoms with E-state index in [0.29, 0.717) is 25.8 Å². The van der Waals surface area contributed by atoms with Gasteiger partial charge in [0.15, 0.2) is 5.78 Å². The molecule has 7 heteroatoms. The number of nitrogens with one attached hydrogen (secondary N) is 1. The Balaban J connectivity index is 1.39. The Kier molecular flexibility index (Phi) is 9.16. The van der Waals surface area contributed by atoms with E-state index < -0.39 is 18.2 Å². The van der Waals surface area contributed by atoms with Gasteiger partial charge in [0.25, 0.3) is 0 Å². The predicted octanol–water partition coefficient (Wildman–Crippen LogP) is 4.88. The van der Waals surface area contributed by atoms with Crippen LogP contribution in [0.15, 0.2) is 95.9 Å². The molecule has 1 N–H and O–H groups in total. The summed E-state index contributed by atoms with van der Waals surface area (Å²) in [7, 11) is 0. The summed E-state index contributed by atoms with van der Waals surface area (Å²) in [6, 6.07) is 27.5. The molecule has 0 spiro atoms. The van der Waals surface area contributed by atoms with Crippen LogP contribution in [0.2, 0.25) is 0 Å². The Morgan fingerprint density at radius 2 is 1.50 bits per heavy atom. The lowest BCUT2D eigenvalue weighted by Gasteiger charge is -2.26. The van der Waals surface area contributed by atoms with Gasteiger partial charge in [0.05, 0.1) is 11.8 Å². The molecular weight excluding hydrogens is 472 g/mol. The number of ketones is 1. The molecular formula is C29H30N2O4S. The van der Waals surface area contributed by atoms with Gasteiger partial charge in [-0.05, 0) is 42.5 Å². The standard InChI is InChI=1S/C29H30N2O4S/c32-27(21-36-24-15-8-3-9-16-24)25(19-22-11-4-1-5-12-22)30-28(33)26-17-10-18-31(26)29(34)35-20-23-13-6-2-7-14-23/h1-9,11-16,25-26H,10,17-21H2,(H,30,33)/t25-,26-/m0/s1. The van der Waals surface area contributed by atoms with Crippen molar-refractivity contribution in [2.45, 2.75) is 42.8 Å². The summed E-state index contributed by atoms with van der Waals surface area (Å²) in [5.74, 6) is -0.129. The Bertz CT molecular complexity index is 1140. The monoisotopic (exact) mass is 502 g/mol. The average molecular weight is 503 g/mol. The van der Waals surface area contributed by atoms with Crippen molar-refractivity contribution in [1.82, 2.24) is 10.2 Å². The lowest BCUT2D eigenvalue weighted by molar-refractivity contribution is -0.129. The molecule has 2 atom stereocenters. The van der Waals surface area contributed by atoms with E-state index in [1.807, 2.05) is 91.0 Å². The fraction of sp³-hybridized carbons (Fsp3) is 0.276. The Morgan fingerprint density at radius 3 is 2.17 bits per heavy atom. The number of rotatable bonds is 10. The smallest absolute Gasteiger partial charge is 0.410 e. The van der Waals surface area contributed by atoms with Crippen molar-refractivity contribution in [3.05, 3.63) is 102 Å². The Morgan fingerprint density at radius 1 is 0.889 bits per heavy atom. The molecule has 0 aromatic heterocycles. The summed E-state index contributed by atoms with van der Waals surface area (Å²) in [5, 5.41) is 2.95. The van der Waals surface area contributed by atoms with Crippen LogP contribution in [0.25, 0.3) is 0 Å². The second-order valence-electron chi connectivity index (χ2n) is 8.71. The van der Waals surface area contributed by atoms with Crippen LogP contribution in [-0.2, 0) is 27.4 Å². The van der Waals surface area contributed by atoms with E-state index in [1.165, 1.54) is 16.7 Å². The van der Waals surface area contributed by atoms with Crippen LogP contribution >= 0.6 is 11.8 Å². The molecule has 0 unspecified atom stereocenters. The van der Waals surface area contributed by atoms with Gasteiger partial charge in [-0.15, -0.1) is 11.8 Å². The second kappa shape index (κ2) is 12.9. The van der Waals surface area contributed by atoms with E-state index >= 15 is 0 Å². The van der Waals surface area contributed by atoms with Crippen LogP contribution in [0.5, 0.6) is 0 Å². The van der Waals surface area contributed by atoms with Crippen molar-refractivity contribution in [2.75, 3.05) is 12.3 Å². The molecule has 1 heterocycles. The highest BCUT2D eigenvalue weighted by molar-refractivity contribution is 8.00. The number of carbonyl (C=O) groups is 3. The van der Waals surface area contributed by atoms with Crippen LogP contribution in [0.4, 0.5) is 4.79 Å². The molecule has 2 amide bonds. The maximum Gasteiger partial charge on any atom is 0.410 e. The highest BCUT2D eigenvalue weighted by Crippen LogP contribution is 2.21. The van der Waals surface area contributed by atoms with Gasteiger partial charge in [0.1, 0.15) is 12.6 Å². The first-order chi connectivity index (χ1) is 17.6. The van der Waals surface area contributed by atoms with Gasteiger partial charge in [-0.2, -0.15) is 0 Å². The summed E-state index contributed by atoms with van der Waals surface area (Å²) in [4.78, 5) is 41.7. The van der Waals surface area contributed by atoms with Crippen LogP contribution in [-0.4, -0.2) is 47.1 Å². The van der Waals surface area contributed by atoms with Crippen LogP contribution < -0.4 is 5.32 Å². The number of ether oxygens (including phenoxy) is 1. The maximum atomic E-state index is 13.3. The molecule has 186 valence electrons. The fourth-order valence-corrected chi connectivity index (χ4v) is 5.05. The predicted molar refractivity (Wildman–Crippen MR) is 141 cm³/mol. The Labute approximate surface area is 216 Å². The Hall–Kier alpha value is -3.58. The van der Waals surface area contributed by atoms with Gasteiger partial charge in [-0.25, -0.2) is 4.79 Å². The van der Waals surface area contributed by atoms with E-state index in [1.54, 1.807) is 0 Å². The number of carbonyl (C=O) groups excluding carboxylic acids is 3.